The molecule has 23 heavy (non-hydrogen) atoms. The highest BCUT2D eigenvalue weighted by Crippen LogP contribution is 2.26. The first-order valence-electron chi connectivity index (χ1n) is 7.36. The van der Waals surface area contributed by atoms with Gasteiger partial charge in [-0.2, -0.15) is 0 Å². The van der Waals surface area contributed by atoms with Crippen LogP contribution in [0.4, 0.5) is 4.39 Å². The average Bonchev–Trinajstić information content (AvgIpc) is 3.00. The molecule has 3 aromatic rings. The maximum atomic E-state index is 13.2. The number of allylic oxidation sites excluding steroid dienone is 2. The van der Waals surface area contributed by atoms with Crippen molar-refractivity contribution in [2.75, 3.05) is 0 Å². The molecule has 0 atom stereocenters. The van der Waals surface area contributed by atoms with Gasteiger partial charge in [-0.05, 0) is 42.5 Å². The number of benzene rings is 2. The van der Waals surface area contributed by atoms with Gasteiger partial charge in [-0.15, -0.1) is 0 Å². The van der Waals surface area contributed by atoms with Gasteiger partial charge in [0.25, 0.3) is 0 Å². The highest BCUT2D eigenvalue weighted by molar-refractivity contribution is 5.80. The van der Waals surface area contributed by atoms with Crippen molar-refractivity contribution in [1.29, 1.82) is 0 Å². The molecule has 0 saturated carbocycles. The molecule has 1 heterocycles. The molecule has 2 aromatic carbocycles. The first-order chi connectivity index (χ1) is 11.2. The van der Waals surface area contributed by atoms with Crippen molar-refractivity contribution in [2.45, 2.75) is 13.8 Å². The number of aliphatic hydroxyl groups excluding tert-OH is 1. The summed E-state index contributed by atoms with van der Waals surface area (Å²) in [6.45, 7) is 7.53. The van der Waals surface area contributed by atoms with Gasteiger partial charge in [0, 0.05) is 11.1 Å². The Hall–Kier alpha value is -2.88. The standard InChI is InChI=1S/C17H12FNO2.C2H6/c1-2-4-15(20)11-7-8-14-16(10-11)21-17(19-14)12-5-3-6-13(18)9-12;1-2/h2-10,20H,1H2;1-2H3/b15-4-;. The van der Waals surface area contributed by atoms with Gasteiger partial charge in [0.1, 0.15) is 17.1 Å². The molecule has 1 aromatic heterocycles. The first-order valence-corrected chi connectivity index (χ1v) is 7.36. The molecule has 0 aliphatic carbocycles. The number of rotatable bonds is 3. The summed E-state index contributed by atoms with van der Waals surface area (Å²) in [4.78, 5) is 4.32. The monoisotopic (exact) mass is 311 g/mol. The third kappa shape index (κ3) is 3.66. The molecule has 0 amide bonds. The van der Waals surface area contributed by atoms with Gasteiger partial charge >= 0.3 is 0 Å². The van der Waals surface area contributed by atoms with Crippen molar-refractivity contribution in [1.82, 2.24) is 4.98 Å². The molecule has 0 saturated heterocycles. The number of nitrogens with zero attached hydrogens (tertiary/aromatic N) is 1. The van der Waals surface area contributed by atoms with E-state index in [1.807, 2.05) is 13.8 Å². The van der Waals surface area contributed by atoms with Gasteiger partial charge in [0.05, 0.1) is 0 Å². The summed E-state index contributed by atoms with van der Waals surface area (Å²) in [5, 5.41) is 9.82. The Morgan fingerprint density at radius 2 is 2.00 bits per heavy atom. The van der Waals surface area contributed by atoms with Crippen molar-refractivity contribution < 1.29 is 13.9 Å². The quantitative estimate of drug-likeness (QED) is 0.495. The van der Waals surface area contributed by atoms with Crippen LogP contribution in [0.2, 0.25) is 0 Å². The normalized spacial score (nSPS) is 11.0. The highest BCUT2D eigenvalue weighted by Gasteiger charge is 2.10. The number of fused-ring (bicyclic) bond motifs is 1. The Morgan fingerprint density at radius 1 is 1.22 bits per heavy atom. The number of halogens is 1. The van der Waals surface area contributed by atoms with Crippen molar-refractivity contribution >= 4 is 16.9 Å². The molecule has 0 radical (unpaired) electrons. The maximum absolute atomic E-state index is 13.2. The second-order valence-corrected chi connectivity index (χ2v) is 4.50. The summed E-state index contributed by atoms with van der Waals surface area (Å²) in [5.41, 5.74) is 2.34. The first kappa shape index (κ1) is 16.5. The molecule has 0 aliphatic heterocycles. The molecule has 0 unspecified atom stereocenters. The van der Waals surface area contributed by atoms with Gasteiger partial charge in [-0.3, -0.25) is 0 Å². The average molecular weight is 311 g/mol. The molecule has 0 bridgehead atoms. The summed E-state index contributed by atoms with van der Waals surface area (Å²) in [6.07, 6.45) is 2.99. The van der Waals surface area contributed by atoms with Crippen molar-refractivity contribution in [3.05, 3.63) is 72.6 Å². The molecule has 0 spiro atoms. The van der Waals surface area contributed by atoms with E-state index in [0.717, 1.165) is 0 Å². The summed E-state index contributed by atoms with van der Waals surface area (Å²) < 4.78 is 18.9. The maximum Gasteiger partial charge on any atom is 0.227 e. The Morgan fingerprint density at radius 3 is 2.70 bits per heavy atom. The van der Waals surface area contributed by atoms with E-state index < -0.39 is 0 Å². The van der Waals surface area contributed by atoms with E-state index in [2.05, 4.69) is 11.6 Å². The fourth-order valence-electron chi connectivity index (χ4n) is 2.04. The van der Waals surface area contributed by atoms with Crippen LogP contribution in [-0.4, -0.2) is 10.1 Å². The van der Waals surface area contributed by atoms with Crippen LogP contribution in [0.5, 0.6) is 0 Å². The third-order valence-electron chi connectivity index (χ3n) is 3.03. The lowest BCUT2D eigenvalue weighted by atomic mass is 10.1. The summed E-state index contributed by atoms with van der Waals surface area (Å²) in [7, 11) is 0. The minimum Gasteiger partial charge on any atom is -0.507 e. The topological polar surface area (TPSA) is 46.3 Å². The van der Waals surface area contributed by atoms with Crippen LogP contribution in [0, 0.1) is 5.82 Å². The minimum absolute atomic E-state index is 0.0932. The van der Waals surface area contributed by atoms with Crippen LogP contribution in [0.15, 0.2) is 65.6 Å². The van der Waals surface area contributed by atoms with Crippen molar-refractivity contribution in [2.24, 2.45) is 0 Å². The highest BCUT2D eigenvalue weighted by atomic mass is 19.1. The van der Waals surface area contributed by atoms with E-state index in [-0.39, 0.29) is 11.6 Å². The fourth-order valence-corrected chi connectivity index (χ4v) is 2.04. The predicted molar refractivity (Wildman–Crippen MR) is 91.6 cm³/mol. The van der Waals surface area contributed by atoms with Crippen LogP contribution in [0.3, 0.4) is 0 Å². The Bertz CT molecular complexity index is 849. The lowest BCUT2D eigenvalue weighted by Crippen LogP contribution is -1.81. The number of oxazole rings is 1. The molecular weight excluding hydrogens is 293 g/mol. The predicted octanol–water partition coefficient (Wildman–Crippen LogP) is 5.75. The van der Waals surface area contributed by atoms with E-state index in [1.54, 1.807) is 30.3 Å². The van der Waals surface area contributed by atoms with Gasteiger partial charge in [0.2, 0.25) is 5.89 Å². The summed E-state index contributed by atoms with van der Waals surface area (Å²) in [5.74, 6) is 0.0893. The van der Waals surface area contributed by atoms with E-state index in [0.29, 0.717) is 28.1 Å². The number of hydrogen-bond donors (Lipinski definition) is 1. The van der Waals surface area contributed by atoms with Crippen molar-refractivity contribution in [3.8, 4) is 11.5 Å². The Kier molecular flexibility index (Phi) is 5.31. The minimum atomic E-state index is -0.345. The van der Waals surface area contributed by atoms with Gasteiger partial charge < -0.3 is 9.52 Å². The smallest absolute Gasteiger partial charge is 0.227 e. The van der Waals surface area contributed by atoms with Crippen LogP contribution < -0.4 is 0 Å². The van der Waals surface area contributed by atoms with Gasteiger partial charge in [-0.1, -0.05) is 32.6 Å². The molecule has 3 rings (SSSR count). The lowest BCUT2D eigenvalue weighted by molar-refractivity contribution is 0.511. The second-order valence-electron chi connectivity index (χ2n) is 4.50. The number of aromatic nitrogens is 1. The van der Waals surface area contributed by atoms with E-state index in [1.165, 1.54) is 24.3 Å². The number of hydrogen-bond acceptors (Lipinski definition) is 3. The molecular formula is C19H18FNO2. The van der Waals surface area contributed by atoms with Crippen LogP contribution in [0.1, 0.15) is 19.4 Å². The SMILES string of the molecule is C=C/C=C(\O)c1ccc2nc(-c3cccc(F)c3)oc2c1.CC. The van der Waals surface area contributed by atoms with Crippen LogP contribution in [0.25, 0.3) is 28.3 Å². The zero-order valence-corrected chi connectivity index (χ0v) is 13.1. The molecule has 4 heteroatoms. The Labute approximate surface area is 134 Å². The van der Waals surface area contributed by atoms with Gasteiger partial charge in [-0.25, -0.2) is 9.37 Å². The van der Waals surface area contributed by atoms with E-state index >= 15 is 0 Å². The zero-order chi connectivity index (χ0) is 16.8. The van der Waals surface area contributed by atoms with Crippen LogP contribution >= 0.6 is 0 Å². The summed E-state index contributed by atoms with van der Waals surface area (Å²) >= 11 is 0. The van der Waals surface area contributed by atoms with Gasteiger partial charge in [0.15, 0.2) is 5.58 Å². The van der Waals surface area contributed by atoms with E-state index in [9.17, 15) is 9.50 Å². The largest absolute Gasteiger partial charge is 0.507 e. The lowest BCUT2D eigenvalue weighted by Gasteiger charge is -1.97. The molecule has 0 fully saturated rings. The van der Waals surface area contributed by atoms with Crippen LogP contribution in [-0.2, 0) is 0 Å². The molecule has 118 valence electrons. The second kappa shape index (κ2) is 7.40. The fraction of sp³-hybridized carbons (Fsp3) is 0.105. The Balaban J connectivity index is 0.000000924. The van der Waals surface area contributed by atoms with E-state index in [4.69, 9.17) is 4.42 Å². The molecule has 3 nitrogen and oxygen atoms in total. The zero-order valence-electron chi connectivity index (χ0n) is 13.1. The third-order valence-corrected chi connectivity index (χ3v) is 3.03. The summed E-state index contributed by atoms with van der Waals surface area (Å²) in [6, 6.07) is 11.2. The molecule has 1 N–H and O–H groups in total. The number of aliphatic hydroxyl groups is 1. The molecule has 0 aliphatic rings. The van der Waals surface area contributed by atoms with Crippen molar-refractivity contribution in [3.63, 3.8) is 0 Å².